The van der Waals surface area contributed by atoms with Gasteiger partial charge in [0.05, 0.1) is 6.04 Å². The molecule has 1 atom stereocenters. The van der Waals surface area contributed by atoms with Crippen LogP contribution in [0.4, 0.5) is 4.39 Å². The quantitative estimate of drug-likeness (QED) is 0.610. The maximum absolute atomic E-state index is 13.2. The standard InChI is InChI=1S/C23H22FNO2/c24-19-10-8-17(9-11-19)21-7-4-16-25(21)23(26)15-13-20-12-14-22(27-20)18-5-2-1-3-6-18/h1-3,5-6,8-12,14,21H,4,7,13,15-16H2. The van der Waals surface area contributed by atoms with E-state index in [4.69, 9.17) is 4.42 Å². The van der Waals surface area contributed by atoms with Gasteiger partial charge in [-0.15, -0.1) is 0 Å². The van der Waals surface area contributed by atoms with E-state index in [1.54, 1.807) is 12.1 Å². The van der Waals surface area contributed by atoms with Crippen LogP contribution in [0.25, 0.3) is 11.3 Å². The van der Waals surface area contributed by atoms with Crippen molar-refractivity contribution in [3.63, 3.8) is 0 Å². The molecule has 0 spiro atoms. The zero-order valence-electron chi connectivity index (χ0n) is 15.1. The minimum Gasteiger partial charge on any atom is -0.461 e. The molecule has 27 heavy (non-hydrogen) atoms. The predicted octanol–water partition coefficient (Wildman–Crippen LogP) is 5.38. The number of rotatable bonds is 5. The summed E-state index contributed by atoms with van der Waals surface area (Å²) in [5, 5.41) is 0. The van der Waals surface area contributed by atoms with E-state index in [9.17, 15) is 9.18 Å². The number of hydrogen-bond acceptors (Lipinski definition) is 2. The van der Waals surface area contributed by atoms with Crippen molar-refractivity contribution in [2.24, 2.45) is 0 Å². The van der Waals surface area contributed by atoms with Crippen molar-refractivity contribution in [1.82, 2.24) is 4.90 Å². The van der Waals surface area contributed by atoms with Gasteiger partial charge >= 0.3 is 0 Å². The normalized spacial score (nSPS) is 16.6. The predicted molar refractivity (Wildman–Crippen MR) is 103 cm³/mol. The van der Waals surface area contributed by atoms with Crippen LogP contribution in [0.2, 0.25) is 0 Å². The molecule has 0 radical (unpaired) electrons. The van der Waals surface area contributed by atoms with Crippen LogP contribution in [0, 0.1) is 5.82 Å². The first-order chi connectivity index (χ1) is 13.2. The average Bonchev–Trinajstić information content (AvgIpc) is 3.37. The average molecular weight is 363 g/mol. The SMILES string of the molecule is O=C(CCc1ccc(-c2ccccc2)o1)N1CCCC1c1ccc(F)cc1. The van der Waals surface area contributed by atoms with E-state index >= 15 is 0 Å². The second-order valence-electron chi connectivity index (χ2n) is 6.93. The van der Waals surface area contributed by atoms with Crippen molar-refractivity contribution in [2.45, 2.75) is 31.7 Å². The van der Waals surface area contributed by atoms with Gasteiger partial charge in [-0.1, -0.05) is 42.5 Å². The fourth-order valence-corrected chi connectivity index (χ4v) is 3.74. The Morgan fingerprint density at radius 3 is 2.59 bits per heavy atom. The molecule has 4 heteroatoms. The van der Waals surface area contributed by atoms with Crippen molar-refractivity contribution in [3.05, 3.63) is 83.9 Å². The molecule has 3 aromatic rings. The largest absolute Gasteiger partial charge is 0.461 e. The van der Waals surface area contributed by atoms with Gasteiger partial charge < -0.3 is 9.32 Å². The van der Waals surface area contributed by atoms with Crippen LogP contribution in [-0.2, 0) is 11.2 Å². The van der Waals surface area contributed by atoms with E-state index in [0.29, 0.717) is 12.8 Å². The van der Waals surface area contributed by atoms with Crippen LogP contribution in [0.3, 0.4) is 0 Å². The molecule has 0 bridgehead atoms. The van der Waals surface area contributed by atoms with Crippen molar-refractivity contribution in [3.8, 4) is 11.3 Å². The van der Waals surface area contributed by atoms with Crippen molar-refractivity contribution in [1.29, 1.82) is 0 Å². The van der Waals surface area contributed by atoms with E-state index in [-0.39, 0.29) is 17.8 Å². The van der Waals surface area contributed by atoms with Gasteiger partial charge in [0.1, 0.15) is 17.3 Å². The molecular formula is C23H22FNO2. The number of likely N-dealkylation sites (tertiary alicyclic amines) is 1. The Hall–Kier alpha value is -2.88. The van der Waals surface area contributed by atoms with E-state index < -0.39 is 0 Å². The lowest BCUT2D eigenvalue weighted by molar-refractivity contribution is -0.132. The highest BCUT2D eigenvalue weighted by molar-refractivity contribution is 5.77. The number of nitrogens with zero attached hydrogens (tertiary/aromatic N) is 1. The fourth-order valence-electron chi connectivity index (χ4n) is 3.74. The first kappa shape index (κ1) is 17.5. The zero-order valence-corrected chi connectivity index (χ0v) is 15.1. The van der Waals surface area contributed by atoms with Crippen molar-refractivity contribution >= 4 is 5.91 Å². The van der Waals surface area contributed by atoms with Gasteiger partial charge in [-0.3, -0.25) is 4.79 Å². The van der Waals surface area contributed by atoms with Crippen LogP contribution in [0.15, 0.2) is 71.1 Å². The summed E-state index contributed by atoms with van der Waals surface area (Å²) in [6.45, 7) is 0.758. The third-order valence-corrected chi connectivity index (χ3v) is 5.13. The van der Waals surface area contributed by atoms with Gasteiger partial charge in [0.2, 0.25) is 5.91 Å². The second-order valence-corrected chi connectivity index (χ2v) is 6.93. The topological polar surface area (TPSA) is 33.5 Å². The minimum absolute atomic E-state index is 0.0505. The Bertz CT molecular complexity index is 902. The molecule has 3 nitrogen and oxygen atoms in total. The highest BCUT2D eigenvalue weighted by atomic mass is 19.1. The molecule has 0 saturated carbocycles. The first-order valence-electron chi connectivity index (χ1n) is 9.40. The number of furan rings is 1. The van der Waals surface area contributed by atoms with Gasteiger partial charge in [0.25, 0.3) is 0 Å². The summed E-state index contributed by atoms with van der Waals surface area (Å²) < 4.78 is 19.1. The molecule has 0 N–H and O–H groups in total. The first-order valence-corrected chi connectivity index (χ1v) is 9.40. The molecule has 1 aliphatic heterocycles. The van der Waals surface area contributed by atoms with Crippen LogP contribution in [0.1, 0.15) is 36.6 Å². The monoisotopic (exact) mass is 363 g/mol. The Balaban J connectivity index is 1.39. The summed E-state index contributed by atoms with van der Waals surface area (Å²) in [6, 6.07) is 20.4. The second kappa shape index (κ2) is 7.78. The van der Waals surface area contributed by atoms with E-state index in [0.717, 1.165) is 42.0 Å². The molecule has 138 valence electrons. The molecule has 4 rings (SSSR count). The lowest BCUT2D eigenvalue weighted by atomic mass is 10.0. The van der Waals surface area contributed by atoms with Crippen molar-refractivity contribution < 1.29 is 13.6 Å². The molecule has 0 aliphatic carbocycles. The smallest absolute Gasteiger partial charge is 0.223 e. The fraction of sp³-hybridized carbons (Fsp3) is 0.261. The van der Waals surface area contributed by atoms with Crippen LogP contribution in [-0.4, -0.2) is 17.4 Å². The maximum Gasteiger partial charge on any atom is 0.223 e. The summed E-state index contributed by atoms with van der Waals surface area (Å²) in [7, 11) is 0. The van der Waals surface area contributed by atoms with E-state index in [1.165, 1.54) is 12.1 Å². The number of benzene rings is 2. The Morgan fingerprint density at radius 1 is 1.04 bits per heavy atom. The summed E-state index contributed by atoms with van der Waals surface area (Å²) in [5.74, 6) is 1.52. The maximum atomic E-state index is 13.2. The summed E-state index contributed by atoms with van der Waals surface area (Å²) in [4.78, 5) is 14.7. The third-order valence-electron chi connectivity index (χ3n) is 5.13. The number of carbonyl (C=O) groups is 1. The van der Waals surface area contributed by atoms with Crippen molar-refractivity contribution in [2.75, 3.05) is 6.54 Å². The Morgan fingerprint density at radius 2 is 1.81 bits per heavy atom. The molecule has 1 unspecified atom stereocenters. The van der Waals surface area contributed by atoms with Gasteiger partial charge in [-0.25, -0.2) is 4.39 Å². The number of aryl methyl sites for hydroxylation is 1. The molecular weight excluding hydrogens is 341 g/mol. The molecule has 1 amide bonds. The Kier molecular flexibility index (Phi) is 5.05. The number of halogens is 1. The summed E-state index contributed by atoms with van der Waals surface area (Å²) >= 11 is 0. The molecule has 1 aromatic heterocycles. The van der Waals surface area contributed by atoms with Gasteiger partial charge in [0, 0.05) is 24.9 Å². The van der Waals surface area contributed by atoms with Crippen LogP contribution in [0.5, 0.6) is 0 Å². The minimum atomic E-state index is -0.248. The molecule has 1 aliphatic rings. The third kappa shape index (κ3) is 3.95. The van der Waals surface area contributed by atoms with E-state index in [1.807, 2.05) is 47.4 Å². The molecule has 1 saturated heterocycles. The summed E-state index contributed by atoms with van der Waals surface area (Å²) in [5.41, 5.74) is 2.04. The molecule has 1 fully saturated rings. The van der Waals surface area contributed by atoms with E-state index in [2.05, 4.69) is 0 Å². The highest BCUT2D eigenvalue weighted by Crippen LogP contribution is 2.32. The summed E-state index contributed by atoms with van der Waals surface area (Å²) in [6.07, 6.45) is 2.90. The lowest BCUT2D eigenvalue weighted by Crippen LogP contribution is -2.30. The van der Waals surface area contributed by atoms with Gasteiger partial charge in [-0.2, -0.15) is 0 Å². The molecule has 2 aromatic carbocycles. The Labute approximate surface area is 158 Å². The highest BCUT2D eigenvalue weighted by Gasteiger charge is 2.29. The number of amides is 1. The van der Waals surface area contributed by atoms with Gasteiger partial charge in [0.15, 0.2) is 0 Å². The van der Waals surface area contributed by atoms with Crippen LogP contribution < -0.4 is 0 Å². The lowest BCUT2D eigenvalue weighted by Gasteiger charge is -2.25. The number of hydrogen-bond donors (Lipinski definition) is 0. The zero-order chi connectivity index (χ0) is 18.6. The number of carbonyl (C=O) groups excluding carboxylic acids is 1. The molecule has 2 heterocycles. The van der Waals surface area contributed by atoms with Crippen LogP contribution >= 0.6 is 0 Å². The van der Waals surface area contributed by atoms with Gasteiger partial charge in [-0.05, 0) is 42.7 Å².